The van der Waals surface area contributed by atoms with Crippen molar-refractivity contribution in [1.82, 2.24) is 10.2 Å². The molecule has 146 valence electrons. The molecular formula is C21H29IN4O. The number of ether oxygens (including phenoxy) is 1. The zero-order valence-electron chi connectivity index (χ0n) is 15.6. The topological polar surface area (TPSA) is 62.9 Å². The Balaban J connectivity index is 0.00000261. The molecule has 0 spiro atoms. The number of hydrogen-bond donors (Lipinski definition) is 2. The van der Waals surface area contributed by atoms with Crippen LogP contribution in [0.4, 0.5) is 0 Å². The van der Waals surface area contributed by atoms with Crippen molar-refractivity contribution in [2.45, 2.75) is 19.5 Å². The summed E-state index contributed by atoms with van der Waals surface area (Å²) >= 11 is 0. The zero-order chi connectivity index (χ0) is 18.0. The first-order valence-corrected chi connectivity index (χ1v) is 9.26. The largest absolute Gasteiger partial charge is 0.379 e. The second-order valence-electron chi connectivity index (χ2n) is 6.52. The van der Waals surface area contributed by atoms with Crippen molar-refractivity contribution in [3.8, 4) is 0 Å². The summed E-state index contributed by atoms with van der Waals surface area (Å²) in [5, 5.41) is 3.20. The standard InChI is InChI=1S/C21H28N4O.HI/c22-21(23-11-10-18-6-2-1-3-7-18)24-16-19-8-4-5-9-20(19)17-25-12-14-26-15-13-25;/h1-9H,10-17H2,(H3,22,23,24);1H. The van der Waals surface area contributed by atoms with Crippen molar-refractivity contribution in [2.24, 2.45) is 10.7 Å². The number of nitrogens with two attached hydrogens (primary N) is 1. The SMILES string of the molecule is I.NC(=NCc1ccccc1CN1CCOCC1)NCCc1ccccc1. The van der Waals surface area contributed by atoms with Crippen LogP contribution in [0.25, 0.3) is 0 Å². The molecule has 1 aliphatic rings. The molecule has 0 bridgehead atoms. The first-order chi connectivity index (χ1) is 12.8. The molecule has 1 heterocycles. The molecule has 1 saturated heterocycles. The Kier molecular flexibility index (Phi) is 9.58. The van der Waals surface area contributed by atoms with Crippen LogP contribution in [-0.4, -0.2) is 43.7 Å². The van der Waals surface area contributed by atoms with Gasteiger partial charge in [0.05, 0.1) is 19.8 Å². The van der Waals surface area contributed by atoms with Crippen LogP contribution in [0.2, 0.25) is 0 Å². The predicted octanol–water partition coefficient (Wildman–Crippen LogP) is 2.78. The fourth-order valence-corrected chi connectivity index (χ4v) is 3.07. The number of nitrogens with zero attached hydrogens (tertiary/aromatic N) is 2. The van der Waals surface area contributed by atoms with Gasteiger partial charge in [-0.15, -0.1) is 24.0 Å². The average molecular weight is 480 g/mol. The van der Waals surface area contributed by atoms with E-state index in [1.807, 2.05) is 6.07 Å². The van der Waals surface area contributed by atoms with Crippen LogP contribution in [-0.2, 0) is 24.2 Å². The molecule has 0 radical (unpaired) electrons. The molecule has 0 atom stereocenters. The number of guanidine groups is 1. The minimum atomic E-state index is 0. The summed E-state index contributed by atoms with van der Waals surface area (Å²) in [6.45, 7) is 5.94. The number of halogens is 1. The number of hydrogen-bond acceptors (Lipinski definition) is 3. The summed E-state index contributed by atoms with van der Waals surface area (Å²) in [6, 6.07) is 18.8. The number of rotatable bonds is 7. The third-order valence-electron chi connectivity index (χ3n) is 4.60. The molecule has 6 heteroatoms. The van der Waals surface area contributed by atoms with E-state index in [1.54, 1.807) is 0 Å². The first kappa shape index (κ1) is 21.7. The normalized spacial score (nSPS) is 15.2. The third-order valence-corrected chi connectivity index (χ3v) is 4.60. The summed E-state index contributed by atoms with van der Waals surface area (Å²) in [5.41, 5.74) is 9.87. The van der Waals surface area contributed by atoms with E-state index in [9.17, 15) is 0 Å². The van der Waals surface area contributed by atoms with Gasteiger partial charge in [-0.2, -0.15) is 0 Å². The van der Waals surface area contributed by atoms with E-state index in [0.29, 0.717) is 12.5 Å². The lowest BCUT2D eigenvalue weighted by Crippen LogP contribution is -2.36. The van der Waals surface area contributed by atoms with Crippen molar-refractivity contribution in [2.75, 3.05) is 32.8 Å². The average Bonchev–Trinajstić information content (AvgIpc) is 2.69. The number of aliphatic imine (C=N–C) groups is 1. The summed E-state index contributed by atoms with van der Waals surface area (Å²) in [7, 11) is 0. The lowest BCUT2D eigenvalue weighted by atomic mass is 10.1. The van der Waals surface area contributed by atoms with Crippen molar-refractivity contribution < 1.29 is 4.74 Å². The first-order valence-electron chi connectivity index (χ1n) is 9.26. The van der Waals surface area contributed by atoms with Crippen LogP contribution in [0.3, 0.4) is 0 Å². The van der Waals surface area contributed by atoms with Crippen LogP contribution in [0.1, 0.15) is 16.7 Å². The maximum atomic E-state index is 6.03. The summed E-state index contributed by atoms with van der Waals surface area (Å²) < 4.78 is 5.43. The Hall–Kier alpha value is -1.64. The number of morpholine rings is 1. The summed E-state index contributed by atoms with van der Waals surface area (Å²) in [6.07, 6.45) is 0.935. The highest BCUT2D eigenvalue weighted by Gasteiger charge is 2.12. The number of benzene rings is 2. The Morgan fingerprint density at radius 3 is 2.41 bits per heavy atom. The Labute approximate surface area is 179 Å². The van der Waals surface area contributed by atoms with Gasteiger partial charge in [-0.25, -0.2) is 4.99 Å². The fraction of sp³-hybridized carbons (Fsp3) is 0.381. The van der Waals surface area contributed by atoms with Crippen LogP contribution in [0.15, 0.2) is 59.6 Å². The van der Waals surface area contributed by atoms with Gasteiger partial charge < -0.3 is 15.8 Å². The summed E-state index contributed by atoms with van der Waals surface area (Å²) in [5.74, 6) is 0.502. The van der Waals surface area contributed by atoms with E-state index in [0.717, 1.165) is 45.8 Å². The molecule has 3 rings (SSSR count). The molecule has 1 aliphatic heterocycles. The monoisotopic (exact) mass is 480 g/mol. The lowest BCUT2D eigenvalue weighted by Gasteiger charge is -2.27. The number of nitrogens with one attached hydrogen (secondary N) is 1. The highest BCUT2D eigenvalue weighted by atomic mass is 127. The van der Waals surface area contributed by atoms with E-state index in [-0.39, 0.29) is 24.0 Å². The molecule has 3 N–H and O–H groups in total. The quantitative estimate of drug-likeness (QED) is 0.364. The molecule has 1 fully saturated rings. The van der Waals surface area contributed by atoms with Crippen LogP contribution >= 0.6 is 24.0 Å². The van der Waals surface area contributed by atoms with Gasteiger partial charge in [0.25, 0.3) is 0 Å². The van der Waals surface area contributed by atoms with Crippen LogP contribution < -0.4 is 11.1 Å². The van der Waals surface area contributed by atoms with Crippen molar-refractivity contribution in [3.63, 3.8) is 0 Å². The molecule has 0 saturated carbocycles. The van der Waals surface area contributed by atoms with Gasteiger partial charge in [-0.1, -0.05) is 54.6 Å². The van der Waals surface area contributed by atoms with E-state index >= 15 is 0 Å². The maximum absolute atomic E-state index is 6.03. The summed E-state index contributed by atoms with van der Waals surface area (Å²) in [4.78, 5) is 6.94. The highest BCUT2D eigenvalue weighted by Crippen LogP contribution is 2.14. The molecule has 0 aliphatic carbocycles. The van der Waals surface area contributed by atoms with E-state index in [1.165, 1.54) is 16.7 Å². The van der Waals surface area contributed by atoms with Crippen LogP contribution in [0.5, 0.6) is 0 Å². The second-order valence-corrected chi connectivity index (χ2v) is 6.52. The highest BCUT2D eigenvalue weighted by molar-refractivity contribution is 14.0. The van der Waals surface area contributed by atoms with Gasteiger partial charge in [0.15, 0.2) is 5.96 Å². The molecule has 2 aromatic rings. The molecular weight excluding hydrogens is 451 g/mol. The molecule has 5 nitrogen and oxygen atoms in total. The Morgan fingerprint density at radius 2 is 1.67 bits per heavy atom. The van der Waals surface area contributed by atoms with Crippen molar-refractivity contribution in [3.05, 3.63) is 71.3 Å². The smallest absolute Gasteiger partial charge is 0.188 e. The van der Waals surface area contributed by atoms with Gasteiger partial charge in [0.1, 0.15) is 0 Å². The fourth-order valence-electron chi connectivity index (χ4n) is 3.07. The van der Waals surface area contributed by atoms with Gasteiger partial charge in [-0.3, -0.25) is 4.90 Å². The van der Waals surface area contributed by atoms with Gasteiger partial charge in [0.2, 0.25) is 0 Å². The second kappa shape index (κ2) is 11.9. The van der Waals surface area contributed by atoms with Gasteiger partial charge in [-0.05, 0) is 23.1 Å². The molecule has 27 heavy (non-hydrogen) atoms. The van der Waals surface area contributed by atoms with Gasteiger partial charge in [0, 0.05) is 26.2 Å². The lowest BCUT2D eigenvalue weighted by molar-refractivity contribution is 0.0341. The minimum absolute atomic E-state index is 0. The van der Waals surface area contributed by atoms with E-state index < -0.39 is 0 Å². The van der Waals surface area contributed by atoms with Crippen molar-refractivity contribution >= 4 is 29.9 Å². The molecule has 0 aromatic heterocycles. The minimum Gasteiger partial charge on any atom is -0.379 e. The molecule has 0 amide bonds. The van der Waals surface area contributed by atoms with Crippen LogP contribution in [0, 0.1) is 0 Å². The van der Waals surface area contributed by atoms with E-state index in [4.69, 9.17) is 10.5 Å². The van der Waals surface area contributed by atoms with E-state index in [2.05, 4.69) is 63.7 Å². The molecule has 2 aromatic carbocycles. The third kappa shape index (κ3) is 7.48. The Bertz CT molecular complexity index is 702. The Morgan fingerprint density at radius 1 is 1.00 bits per heavy atom. The maximum Gasteiger partial charge on any atom is 0.188 e. The van der Waals surface area contributed by atoms with Crippen molar-refractivity contribution in [1.29, 1.82) is 0 Å². The zero-order valence-corrected chi connectivity index (χ0v) is 18.0. The molecule has 0 unspecified atom stereocenters. The predicted molar refractivity (Wildman–Crippen MR) is 121 cm³/mol. The van der Waals surface area contributed by atoms with Gasteiger partial charge >= 0.3 is 0 Å².